The lowest BCUT2D eigenvalue weighted by Crippen LogP contribution is -2.45. The summed E-state index contributed by atoms with van der Waals surface area (Å²) in [5.41, 5.74) is 6.70. The largest absolute Gasteiger partial charge is 0.350 e. The molecule has 0 unspecified atom stereocenters. The molecule has 0 saturated heterocycles. The van der Waals surface area contributed by atoms with Crippen molar-refractivity contribution in [1.82, 2.24) is 9.62 Å². The summed E-state index contributed by atoms with van der Waals surface area (Å²) >= 11 is 1.66. The molecule has 0 fully saturated rings. The van der Waals surface area contributed by atoms with Gasteiger partial charge in [0.15, 0.2) is 0 Å². The van der Waals surface area contributed by atoms with Crippen molar-refractivity contribution in [1.29, 1.82) is 0 Å². The van der Waals surface area contributed by atoms with Gasteiger partial charge in [-0.05, 0) is 55.5 Å². The number of nitrogens with one attached hydrogen (secondary N) is 1. The molecule has 1 aliphatic heterocycles. The van der Waals surface area contributed by atoms with Crippen LogP contribution in [0.2, 0.25) is 0 Å². The lowest BCUT2D eigenvalue weighted by atomic mass is 10.1. The van der Waals surface area contributed by atoms with Crippen molar-refractivity contribution < 1.29 is 13.2 Å². The predicted octanol–water partition coefficient (Wildman–Crippen LogP) is 1.96. The highest BCUT2D eigenvalue weighted by atomic mass is 32.2. The van der Waals surface area contributed by atoms with Crippen LogP contribution in [0.3, 0.4) is 0 Å². The standard InChI is InChI=1S/C18H23N3O3S2/c1-18(2,19)12-20-17(22)13-4-3-5-15(10-13)26(23,24)21-8-6-16-14(11-21)7-9-25-16/h3-5,7,9-10H,6,8,11-12,19H2,1-2H3,(H,20,22). The molecule has 0 aliphatic carbocycles. The van der Waals surface area contributed by atoms with Gasteiger partial charge in [-0.25, -0.2) is 8.42 Å². The molecule has 1 aromatic carbocycles. The fourth-order valence-corrected chi connectivity index (χ4v) is 5.14. The Morgan fingerprint density at radius 1 is 1.35 bits per heavy atom. The van der Waals surface area contributed by atoms with E-state index >= 15 is 0 Å². The number of carbonyl (C=O) groups is 1. The summed E-state index contributed by atoms with van der Waals surface area (Å²) < 4.78 is 27.5. The molecule has 2 heterocycles. The number of amides is 1. The van der Waals surface area contributed by atoms with E-state index in [9.17, 15) is 13.2 Å². The van der Waals surface area contributed by atoms with Crippen LogP contribution in [-0.4, -0.2) is 37.3 Å². The second-order valence-corrected chi connectivity index (χ2v) is 10.1. The highest BCUT2D eigenvalue weighted by Crippen LogP contribution is 2.28. The van der Waals surface area contributed by atoms with Crippen molar-refractivity contribution in [2.24, 2.45) is 5.73 Å². The van der Waals surface area contributed by atoms with E-state index in [0.29, 0.717) is 25.2 Å². The minimum Gasteiger partial charge on any atom is -0.350 e. The number of rotatable bonds is 5. The molecule has 1 aromatic heterocycles. The van der Waals surface area contributed by atoms with Crippen molar-refractivity contribution in [2.45, 2.75) is 37.2 Å². The first-order valence-electron chi connectivity index (χ1n) is 8.39. The summed E-state index contributed by atoms with van der Waals surface area (Å²) in [4.78, 5) is 13.7. The van der Waals surface area contributed by atoms with Gasteiger partial charge in [0.1, 0.15) is 0 Å². The smallest absolute Gasteiger partial charge is 0.251 e. The van der Waals surface area contributed by atoms with E-state index in [4.69, 9.17) is 5.73 Å². The maximum Gasteiger partial charge on any atom is 0.251 e. The quantitative estimate of drug-likeness (QED) is 0.812. The second-order valence-electron chi connectivity index (χ2n) is 7.16. The van der Waals surface area contributed by atoms with E-state index in [1.54, 1.807) is 23.5 Å². The van der Waals surface area contributed by atoms with E-state index < -0.39 is 15.6 Å². The third-order valence-corrected chi connectivity index (χ3v) is 7.08. The number of thiophene rings is 1. The lowest BCUT2D eigenvalue weighted by molar-refractivity contribution is 0.0946. The first-order valence-corrected chi connectivity index (χ1v) is 10.7. The Labute approximate surface area is 158 Å². The molecule has 0 radical (unpaired) electrons. The van der Waals surface area contributed by atoms with Crippen LogP contribution >= 0.6 is 11.3 Å². The molecule has 3 N–H and O–H groups in total. The topological polar surface area (TPSA) is 92.5 Å². The van der Waals surface area contributed by atoms with Gasteiger partial charge < -0.3 is 11.1 Å². The number of nitrogens with zero attached hydrogens (tertiary/aromatic N) is 1. The van der Waals surface area contributed by atoms with Crippen LogP contribution in [0.5, 0.6) is 0 Å². The van der Waals surface area contributed by atoms with Gasteiger partial charge in [-0.3, -0.25) is 4.79 Å². The number of hydrogen-bond acceptors (Lipinski definition) is 5. The van der Waals surface area contributed by atoms with E-state index in [1.165, 1.54) is 21.3 Å². The van der Waals surface area contributed by atoms with E-state index in [-0.39, 0.29) is 10.8 Å². The number of fused-ring (bicyclic) bond motifs is 1. The molecule has 26 heavy (non-hydrogen) atoms. The van der Waals surface area contributed by atoms with Gasteiger partial charge in [0.25, 0.3) is 5.91 Å². The molecule has 6 nitrogen and oxygen atoms in total. The Kier molecular flexibility index (Phi) is 5.21. The maximum atomic E-state index is 13.0. The van der Waals surface area contributed by atoms with Crippen LogP contribution in [0.4, 0.5) is 0 Å². The van der Waals surface area contributed by atoms with E-state index in [1.807, 2.05) is 25.3 Å². The minimum absolute atomic E-state index is 0.135. The van der Waals surface area contributed by atoms with Gasteiger partial charge in [-0.15, -0.1) is 11.3 Å². The van der Waals surface area contributed by atoms with E-state index in [0.717, 1.165) is 12.0 Å². The Morgan fingerprint density at radius 3 is 2.85 bits per heavy atom. The third kappa shape index (κ3) is 4.15. The average molecular weight is 394 g/mol. The van der Waals surface area contributed by atoms with Crippen LogP contribution in [0, 0.1) is 0 Å². The monoisotopic (exact) mass is 393 g/mol. The van der Waals surface area contributed by atoms with Crippen molar-refractivity contribution in [3.63, 3.8) is 0 Å². The van der Waals surface area contributed by atoms with Gasteiger partial charge in [-0.2, -0.15) is 4.31 Å². The van der Waals surface area contributed by atoms with Gasteiger partial charge in [0, 0.05) is 35.6 Å². The zero-order valence-corrected chi connectivity index (χ0v) is 16.5. The molecule has 1 aliphatic rings. The number of sulfonamides is 1. The Morgan fingerprint density at radius 2 is 2.12 bits per heavy atom. The first kappa shape index (κ1) is 19.0. The van der Waals surface area contributed by atoms with E-state index in [2.05, 4.69) is 5.32 Å². The summed E-state index contributed by atoms with van der Waals surface area (Å²) in [6, 6.07) is 8.12. The summed E-state index contributed by atoms with van der Waals surface area (Å²) in [6.07, 6.45) is 0.720. The zero-order chi connectivity index (χ0) is 18.9. The van der Waals surface area contributed by atoms with Crippen LogP contribution in [0.1, 0.15) is 34.6 Å². The SMILES string of the molecule is CC(C)(N)CNC(=O)c1cccc(S(=O)(=O)N2CCc3sccc3C2)c1. The first-order chi connectivity index (χ1) is 12.2. The lowest BCUT2D eigenvalue weighted by Gasteiger charge is -2.26. The number of benzene rings is 1. The van der Waals surface area contributed by atoms with Crippen molar-refractivity contribution in [3.8, 4) is 0 Å². The third-order valence-electron chi connectivity index (χ3n) is 4.21. The molecule has 0 spiro atoms. The molecular weight excluding hydrogens is 370 g/mol. The average Bonchev–Trinajstić information content (AvgIpc) is 3.07. The fourth-order valence-electron chi connectivity index (χ4n) is 2.78. The van der Waals surface area contributed by atoms with Crippen LogP contribution < -0.4 is 11.1 Å². The molecule has 0 bridgehead atoms. The minimum atomic E-state index is -3.65. The highest BCUT2D eigenvalue weighted by molar-refractivity contribution is 7.89. The number of hydrogen-bond donors (Lipinski definition) is 2. The molecular formula is C18H23N3O3S2. The zero-order valence-electron chi connectivity index (χ0n) is 14.9. The number of carbonyl (C=O) groups excluding carboxylic acids is 1. The molecule has 0 saturated carbocycles. The normalized spacial score (nSPS) is 15.5. The molecule has 1 amide bonds. The molecule has 3 rings (SSSR count). The summed E-state index contributed by atoms with van der Waals surface area (Å²) in [5, 5.41) is 4.73. The van der Waals surface area contributed by atoms with Crippen molar-refractivity contribution in [2.75, 3.05) is 13.1 Å². The predicted molar refractivity (Wildman–Crippen MR) is 103 cm³/mol. The van der Waals surface area contributed by atoms with Gasteiger partial charge in [0.05, 0.1) is 4.90 Å². The van der Waals surface area contributed by atoms with Crippen LogP contribution in [-0.2, 0) is 23.0 Å². The van der Waals surface area contributed by atoms with Crippen LogP contribution in [0.15, 0.2) is 40.6 Å². The molecule has 8 heteroatoms. The molecule has 0 atom stereocenters. The Hall–Kier alpha value is -1.74. The van der Waals surface area contributed by atoms with Gasteiger partial charge >= 0.3 is 0 Å². The Bertz CT molecular complexity index is 914. The summed E-state index contributed by atoms with van der Waals surface area (Å²) in [7, 11) is -3.65. The maximum absolute atomic E-state index is 13.0. The van der Waals surface area contributed by atoms with Crippen molar-refractivity contribution in [3.05, 3.63) is 51.7 Å². The van der Waals surface area contributed by atoms with Crippen molar-refractivity contribution >= 4 is 27.3 Å². The van der Waals surface area contributed by atoms with Gasteiger partial charge in [-0.1, -0.05) is 6.07 Å². The fraction of sp³-hybridized carbons (Fsp3) is 0.389. The van der Waals surface area contributed by atoms with Gasteiger partial charge in [0.2, 0.25) is 10.0 Å². The molecule has 2 aromatic rings. The van der Waals surface area contributed by atoms with Crippen LogP contribution in [0.25, 0.3) is 0 Å². The highest BCUT2D eigenvalue weighted by Gasteiger charge is 2.29. The summed E-state index contributed by atoms with van der Waals surface area (Å²) in [6.45, 7) is 4.74. The number of nitrogens with two attached hydrogens (primary N) is 1. The summed E-state index contributed by atoms with van der Waals surface area (Å²) in [5.74, 6) is -0.334. The second kappa shape index (κ2) is 7.11. The molecule has 140 valence electrons. The Balaban J connectivity index is 1.80.